The fraction of sp³-hybridized carbons (Fsp3) is 0.455. The number of hydrogen-bond donors (Lipinski definition) is 1. The summed E-state index contributed by atoms with van der Waals surface area (Å²) < 4.78 is 0. The fourth-order valence-electron chi connectivity index (χ4n) is 1.20. The fourth-order valence-corrected chi connectivity index (χ4v) is 1.38. The Morgan fingerprint density at radius 3 is 2.75 bits per heavy atom. The van der Waals surface area contributed by atoms with Gasteiger partial charge >= 0.3 is 0 Å². The van der Waals surface area contributed by atoms with E-state index in [0.717, 1.165) is 6.54 Å². The summed E-state index contributed by atoms with van der Waals surface area (Å²) in [6.07, 6.45) is 0. The quantitative estimate of drug-likeness (QED) is 0.880. The van der Waals surface area contributed by atoms with E-state index in [9.17, 15) is 4.79 Å². The molecule has 0 aliphatic rings. The second-order valence-electron chi connectivity index (χ2n) is 3.38. The van der Waals surface area contributed by atoms with E-state index in [1.54, 1.807) is 24.1 Å². The summed E-state index contributed by atoms with van der Waals surface area (Å²) in [7, 11) is 1.72. The highest BCUT2D eigenvalue weighted by Gasteiger charge is 2.16. The zero-order valence-corrected chi connectivity index (χ0v) is 10.5. The van der Waals surface area contributed by atoms with E-state index in [2.05, 4.69) is 10.3 Å². The monoisotopic (exact) mass is 241 g/mol. The minimum absolute atomic E-state index is 0.160. The molecule has 1 aromatic heterocycles. The lowest BCUT2D eigenvalue weighted by Gasteiger charge is -2.15. The van der Waals surface area contributed by atoms with Crippen LogP contribution in [0, 0.1) is 0 Å². The van der Waals surface area contributed by atoms with E-state index >= 15 is 0 Å². The molecule has 0 spiro atoms. The number of hydrogen-bond acceptors (Lipinski definition) is 3. The van der Waals surface area contributed by atoms with Crippen molar-refractivity contribution in [3.05, 3.63) is 22.8 Å². The van der Waals surface area contributed by atoms with Crippen molar-refractivity contribution in [2.75, 3.05) is 25.5 Å². The second-order valence-corrected chi connectivity index (χ2v) is 3.78. The van der Waals surface area contributed by atoms with Crippen molar-refractivity contribution in [3.8, 4) is 0 Å². The zero-order valence-electron chi connectivity index (χ0n) is 9.75. The predicted octanol–water partition coefficient (Wildman–Crippen LogP) is 2.26. The minimum atomic E-state index is -0.160. The van der Waals surface area contributed by atoms with Crippen molar-refractivity contribution in [1.29, 1.82) is 0 Å². The Morgan fingerprint density at radius 1 is 1.50 bits per heavy atom. The molecule has 0 aromatic carbocycles. The van der Waals surface area contributed by atoms with Gasteiger partial charge in [0.1, 0.15) is 11.5 Å². The third-order valence-corrected chi connectivity index (χ3v) is 2.53. The van der Waals surface area contributed by atoms with Crippen molar-refractivity contribution in [3.63, 3.8) is 0 Å². The first-order valence-electron chi connectivity index (χ1n) is 5.26. The Hall–Kier alpha value is -1.29. The van der Waals surface area contributed by atoms with Crippen LogP contribution >= 0.6 is 11.6 Å². The standard InChI is InChI=1S/C11H16ClN3O/c1-4-13-9-7-6-8(12)10(14-9)11(16)15(3)5-2/h6-7H,4-5H2,1-3H3,(H,13,14). The van der Waals surface area contributed by atoms with Crippen LogP contribution in [0.3, 0.4) is 0 Å². The van der Waals surface area contributed by atoms with Crippen LogP contribution < -0.4 is 5.32 Å². The molecule has 1 amide bonds. The van der Waals surface area contributed by atoms with Gasteiger partial charge in [-0.3, -0.25) is 4.79 Å². The molecule has 0 unspecified atom stereocenters. The molecule has 4 nitrogen and oxygen atoms in total. The molecular formula is C11H16ClN3O. The first-order chi connectivity index (χ1) is 7.60. The van der Waals surface area contributed by atoms with Gasteiger partial charge in [-0.25, -0.2) is 4.98 Å². The third-order valence-electron chi connectivity index (χ3n) is 2.23. The Labute approximate surface area is 101 Å². The molecule has 88 valence electrons. The minimum Gasteiger partial charge on any atom is -0.370 e. The molecule has 0 saturated carbocycles. The van der Waals surface area contributed by atoms with Gasteiger partial charge in [0.25, 0.3) is 5.91 Å². The van der Waals surface area contributed by atoms with E-state index < -0.39 is 0 Å². The summed E-state index contributed by atoms with van der Waals surface area (Å²) in [6.45, 7) is 5.25. The number of carbonyl (C=O) groups excluding carboxylic acids is 1. The number of anilines is 1. The Balaban J connectivity index is 3.02. The molecule has 0 aliphatic heterocycles. The molecule has 0 saturated heterocycles. The van der Waals surface area contributed by atoms with Crippen molar-refractivity contribution in [2.45, 2.75) is 13.8 Å². The van der Waals surface area contributed by atoms with Crippen LogP contribution in [-0.4, -0.2) is 35.9 Å². The summed E-state index contributed by atoms with van der Waals surface area (Å²) in [5.41, 5.74) is 0.296. The summed E-state index contributed by atoms with van der Waals surface area (Å²) in [5, 5.41) is 3.43. The first kappa shape index (κ1) is 12.8. The van der Waals surface area contributed by atoms with Crippen LogP contribution in [0.15, 0.2) is 12.1 Å². The number of carbonyl (C=O) groups is 1. The van der Waals surface area contributed by atoms with Gasteiger partial charge in [0.2, 0.25) is 0 Å². The van der Waals surface area contributed by atoms with E-state index in [0.29, 0.717) is 23.1 Å². The van der Waals surface area contributed by atoms with Gasteiger partial charge < -0.3 is 10.2 Å². The van der Waals surface area contributed by atoms with Gasteiger partial charge in [-0.05, 0) is 26.0 Å². The molecule has 16 heavy (non-hydrogen) atoms. The van der Waals surface area contributed by atoms with Gasteiger partial charge in [0.15, 0.2) is 0 Å². The average Bonchev–Trinajstić information content (AvgIpc) is 2.30. The molecule has 5 heteroatoms. The predicted molar refractivity (Wildman–Crippen MR) is 66.0 cm³/mol. The summed E-state index contributed by atoms with van der Waals surface area (Å²) in [4.78, 5) is 17.7. The van der Waals surface area contributed by atoms with Gasteiger partial charge in [-0.2, -0.15) is 0 Å². The van der Waals surface area contributed by atoms with Gasteiger partial charge in [-0.1, -0.05) is 11.6 Å². The number of halogens is 1. The van der Waals surface area contributed by atoms with Crippen LogP contribution in [0.4, 0.5) is 5.82 Å². The molecule has 0 aliphatic carbocycles. The number of nitrogens with zero attached hydrogens (tertiary/aromatic N) is 2. The third kappa shape index (κ3) is 2.85. The van der Waals surface area contributed by atoms with Gasteiger partial charge in [0, 0.05) is 20.1 Å². The molecule has 0 radical (unpaired) electrons. The maximum atomic E-state index is 11.9. The Kier molecular flexibility index (Phi) is 4.55. The van der Waals surface area contributed by atoms with E-state index in [-0.39, 0.29) is 5.91 Å². The normalized spacial score (nSPS) is 10.0. The number of rotatable bonds is 4. The largest absolute Gasteiger partial charge is 0.370 e. The Morgan fingerprint density at radius 2 is 2.19 bits per heavy atom. The van der Waals surface area contributed by atoms with Crippen molar-refractivity contribution in [1.82, 2.24) is 9.88 Å². The van der Waals surface area contributed by atoms with Gasteiger partial charge in [0.05, 0.1) is 5.02 Å². The number of nitrogens with one attached hydrogen (secondary N) is 1. The smallest absolute Gasteiger partial charge is 0.273 e. The lowest BCUT2D eigenvalue weighted by atomic mass is 10.3. The van der Waals surface area contributed by atoms with Crippen LogP contribution in [0.25, 0.3) is 0 Å². The molecule has 1 N–H and O–H groups in total. The van der Waals surface area contributed by atoms with E-state index in [1.165, 1.54) is 0 Å². The topological polar surface area (TPSA) is 45.2 Å². The zero-order chi connectivity index (χ0) is 12.1. The maximum Gasteiger partial charge on any atom is 0.273 e. The lowest BCUT2D eigenvalue weighted by molar-refractivity contribution is 0.0797. The molecule has 1 rings (SSSR count). The number of pyridine rings is 1. The molecule has 1 aromatic rings. The van der Waals surface area contributed by atoms with Crippen molar-refractivity contribution >= 4 is 23.3 Å². The van der Waals surface area contributed by atoms with Crippen LogP contribution in [0.1, 0.15) is 24.3 Å². The molecular weight excluding hydrogens is 226 g/mol. The number of aromatic nitrogens is 1. The maximum absolute atomic E-state index is 11.9. The van der Waals surface area contributed by atoms with E-state index in [1.807, 2.05) is 13.8 Å². The van der Waals surface area contributed by atoms with Crippen molar-refractivity contribution < 1.29 is 4.79 Å². The highest BCUT2D eigenvalue weighted by Crippen LogP contribution is 2.17. The van der Waals surface area contributed by atoms with E-state index in [4.69, 9.17) is 11.6 Å². The summed E-state index contributed by atoms with van der Waals surface area (Å²) >= 11 is 5.95. The van der Waals surface area contributed by atoms with Crippen LogP contribution in [-0.2, 0) is 0 Å². The lowest BCUT2D eigenvalue weighted by Crippen LogP contribution is -2.27. The number of amides is 1. The molecule has 0 bridgehead atoms. The van der Waals surface area contributed by atoms with Crippen LogP contribution in [0.5, 0.6) is 0 Å². The van der Waals surface area contributed by atoms with Crippen molar-refractivity contribution in [2.24, 2.45) is 0 Å². The first-order valence-corrected chi connectivity index (χ1v) is 5.63. The highest BCUT2D eigenvalue weighted by molar-refractivity contribution is 6.33. The Bertz CT molecular complexity index is 381. The molecule has 0 fully saturated rings. The molecule has 1 heterocycles. The molecule has 0 atom stereocenters. The van der Waals surface area contributed by atoms with Gasteiger partial charge in [-0.15, -0.1) is 0 Å². The average molecular weight is 242 g/mol. The SMILES string of the molecule is CCNc1ccc(Cl)c(C(=O)N(C)CC)n1. The second kappa shape index (κ2) is 5.70. The highest BCUT2D eigenvalue weighted by atomic mass is 35.5. The summed E-state index contributed by atoms with van der Waals surface area (Å²) in [6, 6.07) is 3.44. The van der Waals surface area contributed by atoms with Crippen LogP contribution in [0.2, 0.25) is 5.02 Å². The summed E-state index contributed by atoms with van der Waals surface area (Å²) in [5.74, 6) is 0.506.